The van der Waals surface area contributed by atoms with Gasteiger partial charge in [0.15, 0.2) is 0 Å². The smallest absolute Gasteiger partial charge is 0.250 e. The molecule has 0 N–H and O–H groups in total. The topological polar surface area (TPSA) is 18.5 Å². The van der Waals surface area contributed by atoms with Gasteiger partial charge in [0.05, 0.1) is 5.76 Å². The first-order valence-electron chi connectivity index (χ1n) is 11.4. The molecule has 0 fully saturated rings. The summed E-state index contributed by atoms with van der Waals surface area (Å²) in [6.45, 7) is 9.90. The van der Waals surface area contributed by atoms with Gasteiger partial charge in [-0.05, 0) is 61.5 Å². The van der Waals surface area contributed by atoms with E-state index in [1.807, 2.05) is 30.3 Å². The Morgan fingerprint density at radius 1 is 1.04 bits per heavy atom. The highest BCUT2D eigenvalue weighted by molar-refractivity contribution is 6.73. The first-order chi connectivity index (χ1) is 13.7. The lowest BCUT2D eigenvalue weighted by Crippen LogP contribution is -2.36. The molecule has 0 amide bonds. The lowest BCUT2D eigenvalue weighted by atomic mass is 9.83. The van der Waals surface area contributed by atoms with Crippen molar-refractivity contribution in [3.05, 3.63) is 53.8 Å². The van der Waals surface area contributed by atoms with Gasteiger partial charge in [-0.1, -0.05) is 64.5 Å². The Labute approximate surface area is 174 Å². The summed E-state index contributed by atoms with van der Waals surface area (Å²) >= 11 is 0. The number of ether oxygens (including phenoxy) is 1. The van der Waals surface area contributed by atoms with E-state index in [1.54, 1.807) is 5.57 Å². The molecule has 0 aromatic heterocycles. The standard InChI is InChI=1S/C25H40O2Si/c1-5-9-19-24-22(16-14-21-26-23-17-11-10-12-18-23)15-13-20-25(24)27-28(6-2,7-3)8-4/h10-12,14,16-18,22H,5-9,13,15,19-21H2,1-4H3/b16-14+/t22-/m1/s1. The van der Waals surface area contributed by atoms with E-state index in [9.17, 15) is 0 Å². The number of benzene rings is 1. The molecule has 0 unspecified atom stereocenters. The number of rotatable bonds is 12. The number of para-hydroxylation sites is 1. The highest BCUT2D eigenvalue weighted by Crippen LogP contribution is 2.38. The number of hydrogen-bond acceptors (Lipinski definition) is 2. The Bertz CT molecular complexity index is 608. The van der Waals surface area contributed by atoms with Gasteiger partial charge >= 0.3 is 0 Å². The van der Waals surface area contributed by atoms with Crippen LogP contribution in [0.1, 0.15) is 66.2 Å². The van der Waals surface area contributed by atoms with Crippen LogP contribution in [-0.4, -0.2) is 14.9 Å². The SMILES string of the molecule is CCCCC1=C(O[Si](CC)(CC)CC)CCC[C@@H]1/C=C/COc1ccccc1. The van der Waals surface area contributed by atoms with E-state index in [0.29, 0.717) is 12.5 Å². The van der Waals surface area contributed by atoms with Crippen LogP contribution in [0.15, 0.2) is 53.8 Å². The van der Waals surface area contributed by atoms with Gasteiger partial charge in [0.25, 0.3) is 0 Å². The van der Waals surface area contributed by atoms with Crippen LogP contribution in [0, 0.1) is 5.92 Å². The molecule has 2 rings (SSSR count). The third kappa shape index (κ3) is 6.54. The molecular weight excluding hydrogens is 360 g/mol. The molecule has 3 heteroatoms. The summed E-state index contributed by atoms with van der Waals surface area (Å²) in [5.74, 6) is 2.81. The lowest BCUT2D eigenvalue weighted by Gasteiger charge is -2.35. The Hall–Kier alpha value is -1.48. The van der Waals surface area contributed by atoms with Crippen LogP contribution >= 0.6 is 0 Å². The molecule has 2 nitrogen and oxygen atoms in total. The van der Waals surface area contributed by atoms with Gasteiger partial charge in [-0.25, -0.2) is 0 Å². The average molecular weight is 401 g/mol. The molecule has 0 saturated heterocycles. The molecule has 1 aromatic carbocycles. The normalized spacial score (nSPS) is 17.9. The molecule has 1 atom stereocenters. The van der Waals surface area contributed by atoms with Crippen LogP contribution in [-0.2, 0) is 4.43 Å². The summed E-state index contributed by atoms with van der Waals surface area (Å²) in [5.41, 5.74) is 1.58. The molecule has 0 saturated carbocycles. The van der Waals surface area contributed by atoms with Crippen LogP contribution in [0.2, 0.25) is 18.1 Å². The van der Waals surface area contributed by atoms with Crippen molar-refractivity contribution in [2.24, 2.45) is 5.92 Å². The summed E-state index contributed by atoms with van der Waals surface area (Å²) in [4.78, 5) is 0. The predicted molar refractivity (Wildman–Crippen MR) is 123 cm³/mol. The van der Waals surface area contributed by atoms with E-state index in [0.717, 1.165) is 12.2 Å². The van der Waals surface area contributed by atoms with Crippen molar-refractivity contribution in [3.8, 4) is 5.75 Å². The second kappa shape index (κ2) is 12.2. The maximum Gasteiger partial charge on any atom is 0.250 e. The van der Waals surface area contributed by atoms with Gasteiger partial charge < -0.3 is 9.16 Å². The number of hydrogen-bond donors (Lipinski definition) is 0. The Balaban J connectivity index is 2.11. The molecule has 0 bridgehead atoms. The fraction of sp³-hybridized carbons (Fsp3) is 0.600. The third-order valence-electron chi connectivity index (χ3n) is 6.25. The maximum atomic E-state index is 6.90. The summed E-state index contributed by atoms with van der Waals surface area (Å²) in [6.07, 6.45) is 11.9. The molecule has 0 heterocycles. The molecule has 1 aromatic rings. The zero-order valence-electron chi connectivity index (χ0n) is 18.5. The van der Waals surface area contributed by atoms with Gasteiger partial charge in [0.1, 0.15) is 12.4 Å². The second-order valence-electron chi connectivity index (χ2n) is 7.95. The summed E-state index contributed by atoms with van der Waals surface area (Å²) in [6, 6.07) is 13.7. The molecule has 0 spiro atoms. The summed E-state index contributed by atoms with van der Waals surface area (Å²) < 4.78 is 12.7. The van der Waals surface area contributed by atoms with E-state index in [4.69, 9.17) is 9.16 Å². The van der Waals surface area contributed by atoms with Crippen molar-refractivity contribution < 1.29 is 9.16 Å². The first kappa shape index (κ1) is 22.8. The fourth-order valence-electron chi connectivity index (χ4n) is 4.15. The number of unbranched alkanes of at least 4 members (excludes halogenated alkanes) is 1. The van der Waals surface area contributed by atoms with Crippen molar-refractivity contribution in [1.29, 1.82) is 0 Å². The molecule has 0 radical (unpaired) electrons. The summed E-state index contributed by atoms with van der Waals surface area (Å²) in [5, 5.41) is 0. The van der Waals surface area contributed by atoms with Gasteiger partial charge in [0.2, 0.25) is 8.32 Å². The van der Waals surface area contributed by atoms with Crippen LogP contribution in [0.5, 0.6) is 5.75 Å². The highest BCUT2D eigenvalue weighted by atomic mass is 28.4. The molecule has 1 aliphatic rings. The predicted octanol–water partition coefficient (Wildman–Crippen LogP) is 7.89. The van der Waals surface area contributed by atoms with Crippen molar-refractivity contribution in [1.82, 2.24) is 0 Å². The van der Waals surface area contributed by atoms with Gasteiger partial charge in [-0.15, -0.1) is 0 Å². The largest absolute Gasteiger partial charge is 0.547 e. The van der Waals surface area contributed by atoms with E-state index in [-0.39, 0.29) is 0 Å². The minimum absolute atomic E-state index is 0.520. The van der Waals surface area contributed by atoms with Gasteiger partial charge in [-0.3, -0.25) is 0 Å². The van der Waals surface area contributed by atoms with Crippen LogP contribution in [0.25, 0.3) is 0 Å². The number of allylic oxidation sites excluding steroid dienone is 3. The lowest BCUT2D eigenvalue weighted by molar-refractivity contribution is 0.338. The fourth-order valence-corrected chi connectivity index (χ4v) is 6.84. The van der Waals surface area contributed by atoms with Crippen molar-refractivity contribution in [2.45, 2.75) is 84.4 Å². The maximum absolute atomic E-state index is 6.90. The van der Waals surface area contributed by atoms with Gasteiger partial charge in [0, 0.05) is 12.3 Å². The Morgan fingerprint density at radius 3 is 2.39 bits per heavy atom. The summed E-state index contributed by atoms with van der Waals surface area (Å²) in [7, 11) is -1.60. The molecular formula is C25H40O2Si. The van der Waals surface area contributed by atoms with E-state index >= 15 is 0 Å². The zero-order valence-corrected chi connectivity index (χ0v) is 19.5. The monoisotopic (exact) mass is 400 g/mol. The van der Waals surface area contributed by atoms with Crippen molar-refractivity contribution >= 4 is 8.32 Å². The highest BCUT2D eigenvalue weighted by Gasteiger charge is 2.33. The van der Waals surface area contributed by atoms with E-state index in [2.05, 4.69) is 39.8 Å². The Kier molecular flexibility index (Phi) is 9.90. The molecule has 156 valence electrons. The van der Waals surface area contributed by atoms with Crippen molar-refractivity contribution in [3.63, 3.8) is 0 Å². The van der Waals surface area contributed by atoms with E-state index in [1.165, 1.54) is 56.0 Å². The molecule has 28 heavy (non-hydrogen) atoms. The van der Waals surface area contributed by atoms with E-state index < -0.39 is 8.32 Å². The molecule has 1 aliphatic carbocycles. The van der Waals surface area contributed by atoms with Gasteiger partial charge in [-0.2, -0.15) is 0 Å². The average Bonchev–Trinajstić information content (AvgIpc) is 2.75. The second-order valence-corrected chi connectivity index (χ2v) is 12.6. The minimum atomic E-state index is -1.60. The zero-order chi connectivity index (χ0) is 20.2. The minimum Gasteiger partial charge on any atom is -0.547 e. The van der Waals surface area contributed by atoms with Crippen molar-refractivity contribution in [2.75, 3.05) is 6.61 Å². The van der Waals surface area contributed by atoms with Crippen LogP contribution in [0.3, 0.4) is 0 Å². The van der Waals surface area contributed by atoms with Crippen LogP contribution in [0.4, 0.5) is 0 Å². The first-order valence-corrected chi connectivity index (χ1v) is 14.0. The van der Waals surface area contributed by atoms with Crippen LogP contribution < -0.4 is 4.74 Å². The quantitative estimate of drug-likeness (QED) is 0.262. The third-order valence-corrected chi connectivity index (χ3v) is 10.8. The Morgan fingerprint density at radius 2 is 1.75 bits per heavy atom. The molecule has 0 aliphatic heterocycles.